The van der Waals surface area contributed by atoms with E-state index in [1.165, 1.54) is 29.7 Å². The minimum atomic E-state index is -3.22. The maximum Gasteiger partial charge on any atom is 0.226 e. The fourth-order valence-electron chi connectivity index (χ4n) is 2.56. The lowest BCUT2D eigenvalue weighted by Crippen LogP contribution is -2.24. The van der Waals surface area contributed by atoms with E-state index in [0.29, 0.717) is 17.4 Å². The van der Waals surface area contributed by atoms with Crippen LogP contribution in [0.5, 0.6) is 5.75 Å². The summed E-state index contributed by atoms with van der Waals surface area (Å²) >= 11 is 1.38. The molecule has 3 rings (SSSR count). The summed E-state index contributed by atoms with van der Waals surface area (Å²) in [5.74, 6) is 0.624. The van der Waals surface area contributed by atoms with E-state index in [4.69, 9.17) is 4.74 Å². The van der Waals surface area contributed by atoms with Crippen LogP contribution in [-0.2, 0) is 27.6 Å². The van der Waals surface area contributed by atoms with Gasteiger partial charge in [-0.3, -0.25) is 4.79 Å². The molecule has 0 spiro atoms. The number of hydrogen-bond donors (Lipinski definition) is 2. The Morgan fingerprint density at radius 3 is 2.62 bits per heavy atom. The van der Waals surface area contributed by atoms with Gasteiger partial charge in [-0.25, -0.2) is 13.4 Å². The van der Waals surface area contributed by atoms with Crippen LogP contribution < -0.4 is 15.4 Å². The number of methoxy groups -OCH3 is 1. The first-order chi connectivity index (χ1) is 13.8. The van der Waals surface area contributed by atoms with E-state index >= 15 is 0 Å². The molecule has 0 atom stereocenters. The molecule has 0 aliphatic heterocycles. The molecule has 9 heteroatoms. The third-order valence-corrected chi connectivity index (χ3v) is 5.99. The number of hydrogen-bond acceptors (Lipinski definition) is 7. The predicted octanol–water partition coefficient (Wildman–Crippen LogP) is 3.16. The van der Waals surface area contributed by atoms with Crippen molar-refractivity contribution in [1.29, 1.82) is 0 Å². The summed E-state index contributed by atoms with van der Waals surface area (Å²) in [4.78, 5) is 16.9. The summed E-state index contributed by atoms with van der Waals surface area (Å²) in [7, 11) is -1.62. The molecule has 0 bridgehead atoms. The maximum atomic E-state index is 12.2. The third kappa shape index (κ3) is 6.03. The lowest BCUT2D eigenvalue weighted by Gasteiger charge is -2.06. The largest absolute Gasteiger partial charge is 0.497 e. The summed E-state index contributed by atoms with van der Waals surface area (Å²) in [6.07, 6.45) is 1.34. The Labute approximate surface area is 173 Å². The number of aromatic nitrogens is 1. The molecule has 29 heavy (non-hydrogen) atoms. The molecule has 2 N–H and O–H groups in total. The second kappa shape index (κ2) is 9.06. The van der Waals surface area contributed by atoms with Crippen molar-refractivity contribution in [1.82, 2.24) is 10.3 Å². The predicted molar refractivity (Wildman–Crippen MR) is 113 cm³/mol. The molecule has 0 saturated heterocycles. The highest BCUT2D eigenvalue weighted by Gasteiger charge is 2.10. The molecule has 1 aromatic heterocycles. The number of sulfone groups is 1. The maximum absolute atomic E-state index is 12.2. The standard InChI is InChI=1S/C20H21N3O4S2/c1-27-17-5-3-4-14(10-17)12-21-19(24)11-16-13-28-20(23-16)22-15-6-8-18(9-7-15)29(2,25)26/h3-10,13H,11-12H2,1-2H3,(H,21,24)(H,22,23). The average Bonchev–Trinajstić information content (AvgIpc) is 3.13. The van der Waals surface area contributed by atoms with Crippen molar-refractivity contribution in [2.24, 2.45) is 0 Å². The SMILES string of the molecule is COc1cccc(CNC(=O)Cc2csc(Nc3ccc(S(C)(=O)=O)cc3)n2)c1. The van der Waals surface area contributed by atoms with E-state index in [0.717, 1.165) is 17.0 Å². The van der Waals surface area contributed by atoms with Crippen molar-refractivity contribution in [3.8, 4) is 5.75 Å². The Bertz CT molecular complexity index is 1090. The number of ether oxygens (including phenoxy) is 1. The minimum absolute atomic E-state index is 0.123. The molecule has 3 aromatic rings. The van der Waals surface area contributed by atoms with Crippen molar-refractivity contribution >= 4 is 37.9 Å². The fraction of sp³-hybridized carbons (Fsp3) is 0.200. The van der Waals surface area contributed by atoms with Crippen LogP contribution >= 0.6 is 11.3 Å². The lowest BCUT2D eigenvalue weighted by molar-refractivity contribution is -0.120. The molecule has 0 aliphatic carbocycles. The molecule has 152 valence electrons. The number of nitrogens with zero attached hydrogens (tertiary/aromatic N) is 1. The Morgan fingerprint density at radius 1 is 1.17 bits per heavy atom. The van der Waals surface area contributed by atoms with Gasteiger partial charge in [-0.05, 0) is 42.0 Å². The summed E-state index contributed by atoms with van der Waals surface area (Å²) in [6.45, 7) is 0.415. The molecule has 1 amide bonds. The Kier molecular flexibility index (Phi) is 6.50. The van der Waals surface area contributed by atoms with Crippen LogP contribution in [-0.4, -0.2) is 32.7 Å². The second-order valence-corrected chi connectivity index (χ2v) is 9.24. The molecule has 1 heterocycles. The van der Waals surface area contributed by atoms with Gasteiger partial charge in [0.15, 0.2) is 15.0 Å². The lowest BCUT2D eigenvalue weighted by atomic mass is 10.2. The van der Waals surface area contributed by atoms with Gasteiger partial charge in [0.2, 0.25) is 5.91 Å². The Balaban J connectivity index is 1.53. The number of amides is 1. The van der Waals surface area contributed by atoms with Gasteiger partial charge in [0.1, 0.15) is 5.75 Å². The summed E-state index contributed by atoms with van der Waals surface area (Å²) in [6, 6.07) is 14.0. The number of carbonyl (C=O) groups is 1. The first kappa shape index (κ1) is 20.8. The molecular weight excluding hydrogens is 410 g/mol. The van der Waals surface area contributed by atoms with E-state index in [1.54, 1.807) is 19.2 Å². The summed E-state index contributed by atoms with van der Waals surface area (Å²) < 4.78 is 28.2. The second-order valence-electron chi connectivity index (χ2n) is 6.37. The summed E-state index contributed by atoms with van der Waals surface area (Å²) in [5, 5.41) is 8.43. The highest BCUT2D eigenvalue weighted by atomic mass is 32.2. The number of nitrogens with one attached hydrogen (secondary N) is 2. The number of carbonyl (C=O) groups excluding carboxylic acids is 1. The number of thiazole rings is 1. The van der Waals surface area contributed by atoms with Crippen LogP contribution in [0.15, 0.2) is 58.8 Å². The van der Waals surface area contributed by atoms with Crippen LogP contribution in [0.2, 0.25) is 0 Å². The number of benzene rings is 2. The van der Waals surface area contributed by atoms with Crippen LogP contribution in [0.25, 0.3) is 0 Å². The molecule has 0 unspecified atom stereocenters. The highest BCUT2D eigenvalue weighted by molar-refractivity contribution is 7.90. The van der Waals surface area contributed by atoms with Crippen molar-refractivity contribution < 1.29 is 17.9 Å². The molecule has 2 aromatic carbocycles. The zero-order valence-corrected chi connectivity index (χ0v) is 17.6. The minimum Gasteiger partial charge on any atom is -0.497 e. The normalized spacial score (nSPS) is 11.1. The van der Waals surface area contributed by atoms with E-state index in [2.05, 4.69) is 15.6 Å². The summed E-state index contributed by atoms with van der Waals surface area (Å²) in [5.41, 5.74) is 2.34. The van der Waals surface area contributed by atoms with Gasteiger partial charge in [0.25, 0.3) is 0 Å². The van der Waals surface area contributed by atoms with Crippen molar-refractivity contribution in [3.63, 3.8) is 0 Å². The molecule has 0 radical (unpaired) electrons. The van der Waals surface area contributed by atoms with Crippen LogP contribution in [0, 0.1) is 0 Å². The topological polar surface area (TPSA) is 97.4 Å². The van der Waals surface area contributed by atoms with E-state index in [9.17, 15) is 13.2 Å². The van der Waals surface area contributed by atoms with Gasteiger partial charge in [-0.1, -0.05) is 12.1 Å². The van der Waals surface area contributed by atoms with Gasteiger partial charge in [0.05, 0.1) is 24.1 Å². The fourth-order valence-corrected chi connectivity index (χ4v) is 3.93. The zero-order chi connectivity index (χ0) is 20.9. The average molecular weight is 432 g/mol. The van der Waals surface area contributed by atoms with Gasteiger partial charge in [-0.15, -0.1) is 11.3 Å². The zero-order valence-electron chi connectivity index (χ0n) is 16.0. The first-order valence-corrected chi connectivity index (χ1v) is 11.5. The highest BCUT2D eigenvalue weighted by Crippen LogP contribution is 2.22. The smallest absolute Gasteiger partial charge is 0.226 e. The quantitative estimate of drug-likeness (QED) is 0.569. The van der Waals surface area contributed by atoms with Gasteiger partial charge in [-0.2, -0.15) is 0 Å². The monoisotopic (exact) mass is 431 g/mol. The molecule has 0 fully saturated rings. The van der Waals surface area contributed by atoms with Crippen LogP contribution in [0.3, 0.4) is 0 Å². The number of anilines is 2. The molecule has 0 aliphatic rings. The molecular formula is C20H21N3O4S2. The first-order valence-electron chi connectivity index (χ1n) is 8.74. The van der Waals surface area contributed by atoms with Gasteiger partial charge < -0.3 is 15.4 Å². The van der Waals surface area contributed by atoms with Crippen molar-refractivity contribution in [2.45, 2.75) is 17.9 Å². The van der Waals surface area contributed by atoms with E-state index < -0.39 is 9.84 Å². The molecule has 0 saturated carbocycles. The molecule has 7 nitrogen and oxygen atoms in total. The van der Waals surface area contributed by atoms with Crippen LogP contribution in [0.1, 0.15) is 11.3 Å². The van der Waals surface area contributed by atoms with Gasteiger partial charge >= 0.3 is 0 Å². The van der Waals surface area contributed by atoms with E-state index in [1.807, 2.05) is 29.6 Å². The van der Waals surface area contributed by atoms with Crippen molar-refractivity contribution in [3.05, 3.63) is 65.2 Å². The number of rotatable bonds is 8. The third-order valence-electron chi connectivity index (χ3n) is 4.05. The van der Waals surface area contributed by atoms with E-state index in [-0.39, 0.29) is 17.2 Å². The van der Waals surface area contributed by atoms with Gasteiger partial charge in [0, 0.05) is 23.9 Å². The van der Waals surface area contributed by atoms with Crippen LogP contribution in [0.4, 0.5) is 10.8 Å². The Morgan fingerprint density at radius 2 is 1.93 bits per heavy atom. The van der Waals surface area contributed by atoms with Crippen molar-refractivity contribution in [2.75, 3.05) is 18.7 Å². The Hall–Kier alpha value is -2.91.